The van der Waals surface area contributed by atoms with Crippen LogP contribution in [0.2, 0.25) is 0 Å². The maximum absolute atomic E-state index is 12.8. The predicted molar refractivity (Wildman–Crippen MR) is 77.2 cm³/mol. The Bertz CT molecular complexity index is 564. The third-order valence-corrected chi connectivity index (χ3v) is 2.99. The lowest BCUT2D eigenvalue weighted by Crippen LogP contribution is -2.15. The Hall–Kier alpha value is -2.36. The smallest absolute Gasteiger partial charge is 0.279 e. The zero-order chi connectivity index (χ0) is 14.4. The van der Waals surface area contributed by atoms with Gasteiger partial charge in [0.25, 0.3) is 6.02 Å². The van der Waals surface area contributed by atoms with E-state index in [2.05, 4.69) is 0 Å². The Morgan fingerprint density at radius 2 is 1.45 bits per heavy atom. The largest absolute Gasteiger partial charge is 0.465 e. The van der Waals surface area contributed by atoms with E-state index in [1.165, 1.54) is 17.7 Å². The molecule has 0 bridgehead atoms. The molecular formula is C16H17FN2O. The maximum Gasteiger partial charge on any atom is 0.279 e. The van der Waals surface area contributed by atoms with E-state index >= 15 is 0 Å². The highest BCUT2D eigenvalue weighted by molar-refractivity contribution is 5.67. The van der Waals surface area contributed by atoms with Gasteiger partial charge in [-0.05, 0) is 35.2 Å². The van der Waals surface area contributed by atoms with E-state index in [-0.39, 0.29) is 11.8 Å². The molecule has 2 aromatic carbocycles. The van der Waals surface area contributed by atoms with Crippen LogP contribution in [0.3, 0.4) is 0 Å². The van der Waals surface area contributed by atoms with Crippen molar-refractivity contribution >= 4 is 6.02 Å². The number of rotatable bonds is 5. The van der Waals surface area contributed by atoms with E-state index < -0.39 is 0 Å². The van der Waals surface area contributed by atoms with Crippen molar-refractivity contribution in [2.24, 2.45) is 5.73 Å². The number of nitrogens with two attached hydrogens (primary N) is 1. The summed E-state index contributed by atoms with van der Waals surface area (Å²) in [6.45, 7) is 0.409. The summed E-state index contributed by atoms with van der Waals surface area (Å²) < 4.78 is 17.7. The van der Waals surface area contributed by atoms with Gasteiger partial charge in [0.1, 0.15) is 5.82 Å². The summed E-state index contributed by atoms with van der Waals surface area (Å²) in [7, 11) is 0. The number of hydrogen-bond donors (Lipinski definition) is 2. The lowest BCUT2D eigenvalue weighted by Gasteiger charge is -2.06. The molecule has 2 rings (SSSR count). The molecule has 3 N–H and O–H groups in total. The van der Waals surface area contributed by atoms with Crippen molar-refractivity contribution in [1.29, 1.82) is 5.41 Å². The van der Waals surface area contributed by atoms with Crippen molar-refractivity contribution in [3.63, 3.8) is 0 Å². The fraction of sp³-hybridized carbons (Fsp3) is 0.188. The van der Waals surface area contributed by atoms with Gasteiger partial charge < -0.3 is 10.5 Å². The normalized spacial score (nSPS) is 10.2. The molecule has 0 unspecified atom stereocenters. The van der Waals surface area contributed by atoms with Crippen LogP contribution < -0.4 is 5.73 Å². The molecule has 0 atom stereocenters. The van der Waals surface area contributed by atoms with Crippen molar-refractivity contribution in [2.45, 2.75) is 12.8 Å². The molecular weight excluding hydrogens is 255 g/mol. The van der Waals surface area contributed by atoms with Crippen LogP contribution in [0.25, 0.3) is 0 Å². The first kappa shape index (κ1) is 14.1. The summed E-state index contributed by atoms with van der Waals surface area (Å²) in [5.74, 6) is -0.213. The average molecular weight is 272 g/mol. The predicted octanol–water partition coefficient (Wildman–Crippen LogP) is 2.87. The van der Waals surface area contributed by atoms with Gasteiger partial charge in [-0.3, -0.25) is 5.41 Å². The molecule has 0 aromatic heterocycles. The van der Waals surface area contributed by atoms with Gasteiger partial charge in [0.05, 0.1) is 6.61 Å². The van der Waals surface area contributed by atoms with E-state index in [0.717, 1.165) is 24.0 Å². The number of benzene rings is 2. The molecule has 0 spiro atoms. The van der Waals surface area contributed by atoms with Crippen LogP contribution in [-0.2, 0) is 17.6 Å². The van der Waals surface area contributed by atoms with Gasteiger partial charge in [0.15, 0.2) is 0 Å². The third-order valence-electron chi connectivity index (χ3n) is 2.99. The first-order valence-electron chi connectivity index (χ1n) is 6.42. The number of ether oxygens (including phenoxy) is 1. The number of hydrogen-bond acceptors (Lipinski definition) is 2. The van der Waals surface area contributed by atoms with Gasteiger partial charge in [-0.2, -0.15) is 0 Å². The van der Waals surface area contributed by atoms with Crippen molar-refractivity contribution < 1.29 is 9.13 Å². The summed E-state index contributed by atoms with van der Waals surface area (Å²) in [4.78, 5) is 0. The summed E-state index contributed by atoms with van der Waals surface area (Å²) in [5, 5.41) is 6.96. The summed E-state index contributed by atoms with van der Waals surface area (Å²) >= 11 is 0. The van der Waals surface area contributed by atoms with E-state index in [4.69, 9.17) is 15.9 Å². The van der Waals surface area contributed by atoms with Crippen LogP contribution in [0.1, 0.15) is 16.7 Å². The summed E-state index contributed by atoms with van der Waals surface area (Å²) in [6.07, 6.45) is 1.50. The molecule has 20 heavy (non-hydrogen) atoms. The number of amidine groups is 1. The molecule has 0 saturated carbocycles. The van der Waals surface area contributed by atoms with Gasteiger partial charge in [-0.15, -0.1) is 0 Å². The van der Waals surface area contributed by atoms with Crippen LogP contribution >= 0.6 is 0 Å². The zero-order valence-corrected chi connectivity index (χ0v) is 11.1. The minimum atomic E-state index is -0.252. The van der Waals surface area contributed by atoms with E-state index in [9.17, 15) is 4.39 Å². The standard InChI is InChI=1S/C16H17FN2O/c17-15-7-5-14(6-8-15)11-13-3-1-12(2-4-13)9-10-20-16(18)19/h1-8H,9-11H2,(H3,18,19). The third kappa shape index (κ3) is 4.39. The topological polar surface area (TPSA) is 59.1 Å². The van der Waals surface area contributed by atoms with Gasteiger partial charge in [0.2, 0.25) is 0 Å². The molecule has 0 radical (unpaired) electrons. The highest BCUT2D eigenvalue weighted by atomic mass is 19.1. The van der Waals surface area contributed by atoms with Crippen LogP contribution in [0.5, 0.6) is 0 Å². The van der Waals surface area contributed by atoms with Crippen molar-refractivity contribution in [1.82, 2.24) is 0 Å². The Kier molecular flexibility index (Phi) is 4.71. The highest BCUT2D eigenvalue weighted by Crippen LogP contribution is 2.12. The number of halogens is 1. The quantitative estimate of drug-likeness (QED) is 0.649. The summed E-state index contributed by atoms with van der Waals surface area (Å²) in [5.41, 5.74) is 8.50. The second-order valence-electron chi connectivity index (χ2n) is 4.58. The molecule has 0 fully saturated rings. The minimum absolute atomic E-state index is 0.213. The van der Waals surface area contributed by atoms with Gasteiger partial charge in [-0.1, -0.05) is 36.4 Å². The van der Waals surface area contributed by atoms with Crippen molar-refractivity contribution in [3.8, 4) is 0 Å². The van der Waals surface area contributed by atoms with Crippen LogP contribution in [-0.4, -0.2) is 12.6 Å². The molecule has 4 heteroatoms. The van der Waals surface area contributed by atoms with Gasteiger partial charge in [0, 0.05) is 6.42 Å². The Morgan fingerprint density at radius 1 is 0.950 bits per heavy atom. The van der Waals surface area contributed by atoms with E-state index in [0.29, 0.717) is 6.61 Å². The van der Waals surface area contributed by atoms with Crippen LogP contribution in [0.15, 0.2) is 48.5 Å². The fourth-order valence-corrected chi connectivity index (χ4v) is 1.94. The average Bonchev–Trinajstić information content (AvgIpc) is 2.43. The first-order valence-corrected chi connectivity index (χ1v) is 6.42. The second kappa shape index (κ2) is 6.70. The molecule has 104 valence electrons. The molecule has 0 saturated heterocycles. The maximum atomic E-state index is 12.8. The molecule has 3 nitrogen and oxygen atoms in total. The molecule has 0 aliphatic carbocycles. The van der Waals surface area contributed by atoms with Gasteiger partial charge >= 0.3 is 0 Å². The van der Waals surface area contributed by atoms with E-state index in [1.807, 2.05) is 24.3 Å². The first-order chi connectivity index (χ1) is 9.63. The van der Waals surface area contributed by atoms with Crippen molar-refractivity contribution in [3.05, 3.63) is 71.0 Å². The van der Waals surface area contributed by atoms with Crippen LogP contribution in [0, 0.1) is 11.2 Å². The minimum Gasteiger partial charge on any atom is -0.465 e. The van der Waals surface area contributed by atoms with Crippen LogP contribution in [0.4, 0.5) is 4.39 Å². The summed E-state index contributed by atoms with van der Waals surface area (Å²) in [6, 6.07) is 14.4. The SMILES string of the molecule is N=C(N)OCCc1ccc(Cc2ccc(F)cc2)cc1. The Balaban J connectivity index is 1.91. The molecule has 0 heterocycles. The Morgan fingerprint density at radius 3 is 2.00 bits per heavy atom. The lowest BCUT2D eigenvalue weighted by atomic mass is 10.0. The fourth-order valence-electron chi connectivity index (χ4n) is 1.94. The Labute approximate surface area is 117 Å². The molecule has 2 aromatic rings. The number of nitrogens with one attached hydrogen (secondary N) is 1. The zero-order valence-electron chi connectivity index (χ0n) is 11.1. The monoisotopic (exact) mass is 272 g/mol. The van der Waals surface area contributed by atoms with Crippen molar-refractivity contribution in [2.75, 3.05) is 6.61 Å². The van der Waals surface area contributed by atoms with E-state index in [1.54, 1.807) is 12.1 Å². The molecule has 0 aliphatic heterocycles. The lowest BCUT2D eigenvalue weighted by molar-refractivity contribution is 0.301. The molecule has 0 aliphatic rings. The molecule has 0 amide bonds. The van der Waals surface area contributed by atoms with Gasteiger partial charge in [-0.25, -0.2) is 4.39 Å². The highest BCUT2D eigenvalue weighted by Gasteiger charge is 1.99. The second-order valence-corrected chi connectivity index (χ2v) is 4.58.